The van der Waals surface area contributed by atoms with Crippen molar-refractivity contribution in [1.82, 2.24) is 0 Å². The van der Waals surface area contributed by atoms with Crippen molar-refractivity contribution in [1.29, 1.82) is 0 Å². The Morgan fingerprint density at radius 3 is 2.59 bits per heavy atom. The maximum atomic E-state index is 16.9. The van der Waals surface area contributed by atoms with E-state index in [1.807, 2.05) is 22.6 Å². The lowest BCUT2D eigenvalue weighted by Gasteiger charge is -2.63. The second-order valence-electron chi connectivity index (χ2n) is 9.82. The zero-order chi connectivity index (χ0) is 21.6. The average Bonchev–Trinajstić information content (AvgIpc) is 2.86. The molecule has 0 heterocycles. The zero-order valence-corrected chi connectivity index (χ0v) is 18.9. The third-order valence-corrected chi connectivity index (χ3v) is 9.45. The van der Waals surface area contributed by atoms with Gasteiger partial charge in [0.15, 0.2) is 17.2 Å². The standard InChI is InChI=1S/C22H27F2IO4/c1-11-6-13-14-8-16(23)15-7-12(26)4-5-19(15,2)21(14,24)17(27)9-20(13,3)22(11,29)18(28)10-25/h4-5,7,11,13-14,16-17,27,29H,6,8-10H2,1-3H3/t11-,13?,14?,16-,17-,19-,20-,21-,22-/m0/s1. The number of ketones is 2. The molecule has 0 saturated heterocycles. The third-order valence-electron chi connectivity index (χ3n) is 8.76. The SMILES string of the molecule is C[C@H]1CC2C3C[C@H](F)C4=CC(=O)C=C[C@]4(C)[C@@]3(F)[C@@H](O)C[C@]2(C)[C@@]1(O)C(=O)CI. The van der Waals surface area contributed by atoms with Crippen molar-refractivity contribution in [2.24, 2.45) is 28.6 Å². The van der Waals surface area contributed by atoms with Gasteiger partial charge in [0.1, 0.15) is 11.8 Å². The van der Waals surface area contributed by atoms with Crippen molar-refractivity contribution in [3.8, 4) is 0 Å². The first kappa shape index (κ1) is 21.6. The number of carbonyl (C=O) groups excluding carboxylic acids is 2. The number of halogens is 3. The fraction of sp³-hybridized carbons (Fsp3) is 0.727. The molecule has 3 fully saturated rings. The van der Waals surface area contributed by atoms with Crippen molar-refractivity contribution >= 4 is 34.2 Å². The molecule has 0 aromatic rings. The van der Waals surface area contributed by atoms with Crippen LogP contribution in [0.1, 0.15) is 40.0 Å². The van der Waals surface area contributed by atoms with Gasteiger partial charge in [-0.05, 0) is 55.7 Å². The van der Waals surface area contributed by atoms with E-state index in [1.165, 1.54) is 12.2 Å². The van der Waals surface area contributed by atoms with Gasteiger partial charge in [-0.1, -0.05) is 42.5 Å². The van der Waals surface area contributed by atoms with E-state index in [4.69, 9.17) is 0 Å². The summed E-state index contributed by atoms with van der Waals surface area (Å²) >= 11 is 1.92. The Balaban J connectivity index is 1.87. The summed E-state index contributed by atoms with van der Waals surface area (Å²) in [6.07, 6.45) is 0.933. The van der Waals surface area contributed by atoms with Crippen LogP contribution < -0.4 is 0 Å². The number of allylic oxidation sites excluding steroid dienone is 4. The molecule has 0 amide bonds. The Labute approximate surface area is 183 Å². The summed E-state index contributed by atoms with van der Waals surface area (Å²) in [7, 11) is 0. The second kappa shape index (κ2) is 6.42. The molecule has 2 unspecified atom stereocenters. The number of fused-ring (bicyclic) bond motifs is 5. The molecular weight excluding hydrogens is 493 g/mol. The van der Waals surface area contributed by atoms with Crippen LogP contribution in [-0.2, 0) is 9.59 Å². The predicted molar refractivity (Wildman–Crippen MR) is 112 cm³/mol. The number of hydrogen-bond acceptors (Lipinski definition) is 4. The summed E-state index contributed by atoms with van der Waals surface area (Å²) in [5.41, 5.74) is -6.26. The van der Waals surface area contributed by atoms with Gasteiger partial charge in [0.2, 0.25) is 0 Å². The number of hydrogen-bond donors (Lipinski definition) is 2. The molecule has 3 saturated carbocycles. The van der Waals surface area contributed by atoms with E-state index in [9.17, 15) is 19.8 Å². The largest absolute Gasteiger partial charge is 0.390 e. The molecule has 0 aliphatic heterocycles. The van der Waals surface area contributed by atoms with Gasteiger partial charge < -0.3 is 10.2 Å². The highest BCUT2D eigenvalue weighted by atomic mass is 127. The second-order valence-corrected chi connectivity index (χ2v) is 10.6. The smallest absolute Gasteiger partial charge is 0.178 e. The van der Waals surface area contributed by atoms with Crippen LogP contribution in [0.3, 0.4) is 0 Å². The van der Waals surface area contributed by atoms with Crippen LogP contribution in [0.25, 0.3) is 0 Å². The summed E-state index contributed by atoms with van der Waals surface area (Å²) in [5.74, 6) is -2.44. The first-order valence-electron chi connectivity index (χ1n) is 10.2. The van der Waals surface area contributed by atoms with E-state index in [1.54, 1.807) is 20.8 Å². The Morgan fingerprint density at radius 1 is 1.31 bits per heavy atom. The van der Waals surface area contributed by atoms with E-state index in [0.717, 1.165) is 6.08 Å². The van der Waals surface area contributed by atoms with E-state index in [2.05, 4.69) is 0 Å². The lowest BCUT2D eigenvalue weighted by molar-refractivity contribution is -0.222. The maximum absolute atomic E-state index is 16.9. The van der Waals surface area contributed by atoms with Crippen molar-refractivity contribution in [3.05, 3.63) is 23.8 Å². The summed E-state index contributed by atoms with van der Waals surface area (Å²) in [4.78, 5) is 24.6. The van der Waals surface area contributed by atoms with E-state index >= 15 is 8.78 Å². The summed E-state index contributed by atoms with van der Waals surface area (Å²) in [6.45, 7) is 5.07. The minimum atomic E-state index is -2.18. The van der Waals surface area contributed by atoms with Gasteiger partial charge in [-0.2, -0.15) is 0 Å². The molecule has 2 N–H and O–H groups in total. The normalized spacial score (nSPS) is 53.7. The lowest BCUT2D eigenvalue weighted by Crippen LogP contribution is -2.70. The Hall–Kier alpha value is -0.670. The van der Waals surface area contributed by atoms with Crippen LogP contribution in [0, 0.1) is 28.6 Å². The van der Waals surface area contributed by atoms with Gasteiger partial charge >= 0.3 is 0 Å². The van der Waals surface area contributed by atoms with E-state index in [0.29, 0.717) is 6.42 Å². The van der Waals surface area contributed by atoms with Crippen LogP contribution in [0.4, 0.5) is 8.78 Å². The first-order valence-corrected chi connectivity index (χ1v) is 11.7. The fourth-order valence-corrected chi connectivity index (χ4v) is 7.82. The number of aliphatic hydroxyl groups excluding tert-OH is 1. The highest BCUT2D eigenvalue weighted by Gasteiger charge is 2.76. The molecule has 0 aromatic carbocycles. The van der Waals surface area contributed by atoms with Gasteiger partial charge in [-0.3, -0.25) is 9.59 Å². The van der Waals surface area contributed by atoms with Crippen LogP contribution >= 0.6 is 22.6 Å². The minimum absolute atomic E-state index is 0.0797. The molecule has 9 atom stereocenters. The highest BCUT2D eigenvalue weighted by Crippen LogP contribution is 2.70. The molecule has 7 heteroatoms. The number of aliphatic hydroxyl groups is 2. The van der Waals surface area contributed by atoms with Crippen molar-refractivity contribution in [3.63, 3.8) is 0 Å². The third kappa shape index (κ3) is 2.35. The first-order chi connectivity index (χ1) is 13.4. The van der Waals surface area contributed by atoms with Gasteiger partial charge in [0, 0.05) is 16.7 Å². The van der Waals surface area contributed by atoms with Crippen LogP contribution in [0.2, 0.25) is 0 Å². The molecule has 4 aliphatic rings. The van der Waals surface area contributed by atoms with Crippen molar-refractivity contribution in [2.75, 3.05) is 4.43 Å². The maximum Gasteiger partial charge on any atom is 0.178 e. The molecule has 0 aromatic heterocycles. The summed E-state index contributed by atoms with van der Waals surface area (Å²) in [6, 6.07) is 0. The molecule has 0 spiro atoms. The molecule has 29 heavy (non-hydrogen) atoms. The highest BCUT2D eigenvalue weighted by molar-refractivity contribution is 14.1. The van der Waals surface area contributed by atoms with E-state index < -0.39 is 52.1 Å². The molecule has 4 nitrogen and oxygen atoms in total. The van der Waals surface area contributed by atoms with Crippen molar-refractivity contribution < 1.29 is 28.6 Å². The molecule has 0 radical (unpaired) electrons. The molecule has 4 aliphatic carbocycles. The number of rotatable bonds is 2. The lowest BCUT2D eigenvalue weighted by atomic mass is 9.44. The fourth-order valence-electron chi connectivity index (χ4n) is 7.24. The number of alkyl halides is 3. The molecule has 4 rings (SSSR count). The predicted octanol–water partition coefficient (Wildman–Crippen LogP) is 3.29. The molecule has 0 bridgehead atoms. The monoisotopic (exact) mass is 520 g/mol. The quantitative estimate of drug-likeness (QED) is 0.433. The van der Waals surface area contributed by atoms with Crippen LogP contribution in [0.5, 0.6) is 0 Å². The van der Waals surface area contributed by atoms with Gasteiger partial charge in [-0.25, -0.2) is 8.78 Å². The summed E-state index contributed by atoms with van der Waals surface area (Å²) < 4.78 is 32.3. The van der Waals surface area contributed by atoms with Gasteiger partial charge in [-0.15, -0.1) is 0 Å². The molecule has 160 valence electrons. The zero-order valence-electron chi connectivity index (χ0n) is 16.8. The number of carbonyl (C=O) groups is 2. The van der Waals surface area contributed by atoms with Crippen molar-refractivity contribution in [2.45, 2.75) is 63.6 Å². The van der Waals surface area contributed by atoms with Crippen LogP contribution in [-0.4, -0.2) is 49.8 Å². The minimum Gasteiger partial charge on any atom is -0.390 e. The van der Waals surface area contributed by atoms with Gasteiger partial charge in [0.05, 0.1) is 10.5 Å². The molecular formula is C22H27F2IO4. The topological polar surface area (TPSA) is 74.6 Å². The summed E-state index contributed by atoms with van der Waals surface area (Å²) in [5, 5.41) is 22.7. The Kier molecular flexibility index (Phi) is 4.77. The Bertz CT molecular complexity index is 843. The van der Waals surface area contributed by atoms with E-state index in [-0.39, 0.29) is 34.4 Å². The average molecular weight is 520 g/mol. The Morgan fingerprint density at radius 2 is 1.97 bits per heavy atom. The van der Waals surface area contributed by atoms with Gasteiger partial charge in [0.25, 0.3) is 0 Å². The number of Topliss-reactive ketones (excluding diaryl/α,β-unsaturated/α-hetero) is 1. The van der Waals surface area contributed by atoms with Crippen LogP contribution in [0.15, 0.2) is 23.8 Å².